The Labute approximate surface area is 97.1 Å². The average molecular weight is 235 g/mol. The molecule has 0 aliphatic heterocycles. The van der Waals surface area contributed by atoms with Gasteiger partial charge in [-0.15, -0.1) is 0 Å². The van der Waals surface area contributed by atoms with E-state index in [1.807, 2.05) is 0 Å². The van der Waals surface area contributed by atoms with Crippen LogP contribution in [0.25, 0.3) is 4.85 Å². The van der Waals surface area contributed by atoms with Crippen LogP contribution in [0, 0.1) is 24.3 Å². The van der Waals surface area contributed by atoms with Crippen LogP contribution in [0.1, 0.15) is 24.0 Å². The maximum Gasteiger partial charge on any atom is 0.416 e. The normalized spacial score (nSPS) is 14.7. The molecule has 1 fully saturated rings. The molecule has 0 N–H and O–H groups in total. The fraction of sp³-hybridized carbons (Fsp3) is 0.308. The summed E-state index contributed by atoms with van der Waals surface area (Å²) >= 11 is 0. The number of hydrogen-bond donors (Lipinski definition) is 0. The van der Waals surface area contributed by atoms with Crippen molar-refractivity contribution < 1.29 is 13.2 Å². The second-order valence-electron chi connectivity index (χ2n) is 3.88. The molecule has 4 heteroatoms. The minimum Gasteiger partial charge on any atom is -0.238 e. The van der Waals surface area contributed by atoms with Gasteiger partial charge in [-0.2, -0.15) is 13.2 Å². The van der Waals surface area contributed by atoms with E-state index in [2.05, 4.69) is 16.7 Å². The van der Waals surface area contributed by atoms with Gasteiger partial charge in [-0.25, -0.2) is 4.85 Å². The molecule has 1 aliphatic carbocycles. The molecule has 0 heterocycles. The van der Waals surface area contributed by atoms with Gasteiger partial charge >= 0.3 is 6.18 Å². The van der Waals surface area contributed by atoms with Gasteiger partial charge in [0.2, 0.25) is 0 Å². The van der Waals surface area contributed by atoms with Crippen molar-refractivity contribution in [2.45, 2.75) is 19.0 Å². The van der Waals surface area contributed by atoms with E-state index in [1.54, 1.807) is 0 Å². The Kier molecular flexibility index (Phi) is 2.81. The first-order valence-corrected chi connectivity index (χ1v) is 5.11. The summed E-state index contributed by atoms with van der Waals surface area (Å²) in [7, 11) is 0. The smallest absolute Gasteiger partial charge is 0.238 e. The van der Waals surface area contributed by atoms with Crippen molar-refractivity contribution in [1.29, 1.82) is 0 Å². The third-order valence-electron chi connectivity index (χ3n) is 2.43. The number of halogens is 3. The minimum absolute atomic E-state index is 0.0192. The van der Waals surface area contributed by atoms with Crippen LogP contribution in [0.5, 0.6) is 0 Å². The Bertz CT molecular complexity index is 536. The molecule has 1 aliphatic rings. The van der Waals surface area contributed by atoms with Crippen LogP contribution in [0.4, 0.5) is 18.9 Å². The fourth-order valence-electron chi connectivity index (χ4n) is 1.35. The first kappa shape index (κ1) is 11.5. The molecule has 0 atom stereocenters. The van der Waals surface area contributed by atoms with Crippen molar-refractivity contribution in [3.8, 4) is 11.8 Å². The summed E-state index contributed by atoms with van der Waals surface area (Å²) in [6.45, 7) is 6.72. The summed E-state index contributed by atoms with van der Waals surface area (Å²) in [5.74, 6) is 5.60. The molecule has 0 spiro atoms. The first-order valence-electron chi connectivity index (χ1n) is 5.11. The second-order valence-corrected chi connectivity index (χ2v) is 3.88. The molecule has 0 unspecified atom stereocenters. The van der Waals surface area contributed by atoms with E-state index < -0.39 is 11.7 Å². The van der Waals surface area contributed by atoms with Crippen LogP contribution in [-0.4, -0.2) is 0 Å². The second kappa shape index (κ2) is 4.14. The summed E-state index contributed by atoms with van der Waals surface area (Å²) in [6.07, 6.45) is -2.53. The van der Waals surface area contributed by atoms with Gasteiger partial charge in [0.25, 0.3) is 0 Å². The Balaban J connectivity index is 2.44. The van der Waals surface area contributed by atoms with Gasteiger partial charge < -0.3 is 0 Å². The van der Waals surface area contributed by atoms with Crippen LogP contribution < -0.4 is 0 Å². The fourth-order valence-corrected chi connectivity index (χ4v) is 1.35. The molecule has 1 aromatic rings. The van der Waals surface area contributed by atoms with E-state index >= 15 is 0 Å². The number of benzene rings is 1. The van der Waals surface area contributed by atoms with Gasteiger partial charge in [0, 0.05) is 11.5 Å². The molecule has 1 saturated carbocycles. The van der Waals surface area contributed by atoms with Crippen LogP contribution in [0.2, 0.25) is 0 Å². The molecular weight excluding hydrogens is 227 g/mol. The standard InChI is InChI=1S/C13H8F3N/c1-17-11-7-6-10(5-4-9-2-3-9)12(8-11)13(14,15)16/h6-9H,2-3H2. The maximum atomic E-state index is 12.7. The van der Waals surface area contributed by atoms with Crippen molar-refractivity contribution in [2.24, 2.45) is 5.92 Å². The largest absolute Gasteiger partial charge is 0.416 e. The molecule has 0 bridgehead atoms. The molecule has 2 rings (SSSR count). The lowest BCUT2D eigenvalue weighted by atomic mass is 10.1. The highest BCUT2D eigenvalue weighted by Gasteiger charge is 2.33. The van der Waals surface area contributed by atoms with Crippen molar-refractivity contribution in [1.82, 2.24) is 0 Å². The van der Waals surface area contributed by atoms with Crippen molar-refractivity contribution in [3.63, 3.8) is 0 Å². The molecule has 0 amide bonds. The van der Waals surface area contributed by atoms with Crippen LogP contribution in [0.3, 0.4) is 0 Å². The predicted octanol–water partition coefficient (Wildman–Crippen LogP) is 4.02. The Morgan fingerprint density at radius 1 is 1.29 bits per heavy atom. The van der Waals surface area contributed by atoms with E-state index in [9.17, 15) is 13.2 Å². The minimum atomic E-state index is -4.46. The average Bonchev–Trinajstić information content (AvgIpc) is 3.08. The first-order chi connectivity index (χ1) is 8.00. The number of rotatable bonds is 0. The third kappa shape index (κ3) is 2.79. The molecule has 0 aromatic heterocycles. The van der Waals surface area contributed by atoms with Gasteiger partial charge in [-0.1, -0.05) is 24.0 Å². The summed E-state index contributed by atoms with van der Waals surface area (Å²) < 4.78 is 38.2. The summed E-state index contributed by atoms with van der Waals surface area (Å²) in [4.78, 5) is 3.00. The Morgan fingerprint density at radius 3 is 2.53 bits per heavy atom. The summed E-state index contributed by atoms with van der Waals surface area (Å²) in [5, 5.41) is 0. The maximum absolute atomic E-state index is 12.7. The number of nitrogens with zero attached hydrogens (tertiary/aromatic N) is 1. The van der Waals surface area contributed by atoms with Crippen LogP contribution in [-0.2, 0) is 6.18 Å². The zero-order chi connectivity index (χ0) is 12.5. The zero-order valence-corrected chi connectivity index (χ0v) is 8.80. The SMILES string of the molecule is [C-]#[N+]c1ccc(C#CC2CC2)c(C(F)(F)F)c1. The quantitative estimate of drug-likeness (QED) is 0.472. The summed E-state index contributed by atoms with van der Waals surface area (Å²) in [5.41, 5.74) is -0.884. The van der Waals surface area contributed by atoms with Gasteiger partial charge in [-0.3, -0.25) is 0 Å². The number of alkyl halides is 3. The highest BCUT2D eigenvalue weighted by molar-refractivity contribution is 5.55. The van der Waals surface area contributed by atoms with E-state index in [4.69, 9.17) is 6.57 Å². The van der Waals surface area contributed by atoms with E-state index in [1.165, 1.54) is 12.1 Å². The van der Waals surface area contributed by atoms with E-state index in [0.717, 1.165) is 18.9 Å². The van der Waals surface area contributed by atoms with E-state index in [-0.39, 0.29) is 17.2 Å². The van der Waals surface area contributed by atoms with Crippen LogP contribution >= 0.6 is 0 Å². The lowest BCUT2D eigenvalue weighted by molar-refractivity contribution is -0.137. The highest BCUT2D eigenvalue weighted by atomic mass is 19.4. The van der Waals surface area contributed by atoms with Gasteiger partial charge in [0.1, 0.15) is 0 Å². The highest BCUT2D eigenvalue weighted by Crippen LogP contribution is 2.34. The van der Waals surface area contributed by atoms with Gasteiger partial charge in [-0.05, 0) is 18.9 Å². The molecule has 0 saturated heterocycles. The van der Waals surface area contributed by atoms with E-state index in [0.29, 0.717) is 0 Å². The molecule has 0 radical (unpaired) electrons. The van der Waals surface area contributed by atoms with Crippen molar-refractivity contribution in [3.05, 3.63) is 40.7 Å². The topological polar surface area (TPSA) is 4.36 Å². The lowest BCUT2D eigenvalue weighted by Crippen LogP contribution is -2.07. The molecule has 86 valence electrons. The lowest BCUT2D eigenvalue weighted by Gasteiger charge is -2.09. The monoisotopic (exact) mass is 235 g/mol. The predicted molar refractivity (Wildman–Crippen MR) is 57.3 cm³/mol. The van der Waals surface area contributed by atoms with Crippen molar-refractivity contribution in [2.75, 3.05) is 0 Å². The van der Waals surface area contributed by atoms with Crippen molar-refractivity contribution >= 4 is 5.69 Å². The van der Waals surface area contributed by atoms with Crippen LogP contribution in [0.15, 0.2) is 18.2 Å². The molecule has 1 aromatic carbocycles. The Morgan fingerprint density at radius 2 is 2.00 bits per heavy atom. The molecule has 1 nitrogen and oxygen atoms in total. The number of hydrogen-bond acceptors (Lipinski definition) is 0. The van der Waals surface area contributed by atoms with Gasteiger partial charge in [0.05, 0.1) is 12.1 Å². The summed E-state index contributed by atoms with van der Waals surface area (Å²) in [6, 6.07) is 3.48. The van der Waals surface area contributed by atoms with Gasteiger partial charge in [0.15, 0.2) is 5.69 Å². The molecule has 17 heavy (non-hydrogen) atoms. The molecular formula is C13H8F3N. The zero-order valence-electron chi connectivity index (χ0n) is 8.80. The third-order valence-corrected chi connectivity index (χ3v) is 2.43. The Hall–Kier alpha value is -1.94.